The van der Waals surface area contributed by atoms with E-state index < -0.39 is 30.8 Å². The summed E-state index contributed by atoms with van der Waals surface area (Å²) in [6.07, 6.45) is -10.1. The molecular weight excluding hydrogens is 477 g/mol. The molecule has 112 valence electrons. The third-order valence-corrected chi connectivity index (χ3v) is 0.675. The molecule has 11 nitrogen and oxygen atoms in total. The zero-order valence-corrected chi connectivity index (χ0v) is 7.07. The summed E-state index contributed by atoms with van der Waals surface area (Å²) in [5, 5.41) is 15.7. The molecule has 0 aromatic rings. The average molecular weight is 491 g/mol. The quantitative estimate of drug-likeness (QED) is 0.190. The van der Waals surface area contributed by atoms with E-state index in [-0.39, 0.29) is 226 Å². The third kappa shape index (κ3) is 32.4. The van der Waals surface area contributed by atoms with E-state index in [4.69, 9.17) is 10.2 Å². The van der Waals surface area contributed by atoms with Gasteiger partial charge in [0.2, 0.25) is 0 Å². The maximum atomic E-state index is 10.4. The first-order valence-electron chi connectivity index (χ1n) is 3.10. The fraction of sp³-hybridized carbons (Fsp3) is 0. The van der Waals surface area contributed by atoms with Gasteiger partial charge in [-0.3, -0.25) is 0 Å². The molecule has 0 heterocycles. The van der Waals surface area contributed by atoms with Crippen LogP contribution in [-0.2, 0) is 18.9 Å². The van der Waals surface area contributed by atoms with E-state index in [0.717, 1.165) is 0 Å². The van der Waals surface area contributed by atoms with Gasteiger partial charge in [-0.25, -0.2) is 24.0 Å². The van der Waals surface area contributed by atoms with Crippen LogP contribution < -0.4 is 0 Å². The van der Waals surface area contributed by atoms with Crippen molar-refractivity contribution in [3.05, 3.63) is 0 Å². The van der Waals surface area contributed by atoms with E-state index in [0.29, 0.717) is 0 Å². The number of rotatable bonds is 0. The molecule has 2 N–H and O–H groups in total. The van der Waals surface area contributed by atoms with Crippen LogP contribution in [0.4, 0.5) is 24.0 Å². The van der Waals surface area contributed by atoms with Gasteiger partial charge in [-0.1, -0.05) is 0 Å². The predicted molar refractivity (Wildman–Crippen MR) is 87.8 cm³/mol. The second-order valence-corrected chi connectivity index (χ2v) is 1.69. The molecule has 0 radical (unpaired) electrons. The van der Waals surface area contributed by atoms with Crippen LogP contribution in [0.15, 0.2) is 0 Å². The van der Waals surface area contributed by atoms with Crippen LogP contribution in [0, 0.1) is 0 Å². The van der Waals surface area contributed by atoms with Gasteiger partial charge in [-0.2, -0.15) is 0 Å². The monoisotopic (exact) mass is 490 g/mol. The summed E-state index contributed by atoms with van der Waals surface area (Å²) in [6, 6.07) is 0. The van der Waals surface area contributed by atoms with Gasteiger partial charge in [0.25, 0.3) is 0 Å². The van der Waals surface area contributed by atoms with Crippen molar-refractivity contribution in [2.45, 2.75) is 0 Å². The number of hydrogen-bond acceptors (Lipinski definition) is 9. The summed E-state index contributed by atoms with van der Waals surface area (Å²) in [4.78, 5) is 50.4. The summed E-state index contributed by atoms with van der Waals surface area (Å²) in [6.45, 7) is 0. The Balaban J connectivity index is -0.0000000750. The van der Waals surface area contributed by atoms with Crippen LogP contribution in [0.25, 0.3) is 0 Å². The normalized spacial score (nSPS) is 6.18. The number of carbonyl (C=O) groups excluding carboxylic acids is 3. The molecular formula is C5H14Ca6O11. The number of ether oxygens (including phenoxy) is 4. The van der Waals surface area contributed by atoms with E-state index in [1.807, 2.05) is 0 Å². The van der Waals surface area contributed by atoms with Crippen LogP contribution in [0.2, 0.25) is 0 Å². The molecule has 0 aromatic heterocycles. The molecule has 0 aliphatic heterocycles. The summed E-state index contributed by atoms with van der Waals surface area (Å²) in [5.74, 6) is 0. The Kier molecular flexibility index (Phi) is 57.7. The Morgan fingerprint density at radius 3 is 0.818 bits per heavy atom. The molecule has 0 rings (SSSR count). The molecule has 17 heteroatoms. The average Bonchev–Trinajstić information content (AvgIpc) is 1.97. The van der Waals surface area contributed by atoms with Crippen molar-refractivity contribution in [1.82, 2.24) is 0 Å². The van der Waals surface area contributed by atoms with Crippen molar-refractivity contribution in [2.75, 3.05) is 0 Å². The molecule has 0 fully saturated rings. The topological polar surface area (TPSA) is 163 Å². The standard InChI is InChI=1S/C5H2O11.6Ca.12H/c6-1(7)13-3(10)15-5(12)16-4(11)14-2(8)9;;;;;;;;;;;;;;;;;;/h(H,6,7)(H,8,9);;;;;;;;;;;;;;;;;;. The number of carboxylic acid groups (broad SMARTS) is 2. The Bertz CT molecular complexity index is 327. The van der Waals surface area contributed by atoms with Crippen LogP contribution in [0.1, 0.15) is 0 Å². The third-order valence-electron chi connectivity index (χ3n) is 0.675. The molecule has 0 aliphatic carbocycles. The Hall–Kier alpha value is 4.71. The first kappa shape index (κ1) is 45.4. The number of hydrogen-bond donors (Lipinski definition) is 2. The van der Waals surface area contributed by atoms with Crippen molar-refractivity contribution in [2.24, 2.45) is 0 Å². The zero-order chi connectivity index (χ0) is 12.7. The summed E-state index contributed by atoms with van der Waals surface area (Å²) >= 11 is 0. The second-order valence-electron chi connectivity index (χ2n) is 1.69. The summed E-state index contributed by atoms with van der Waals surface area (Å²) < 4.78 is 13.4. The van der Waals surface area contributed by atoms with Crippen LogP contribution in [-0.4, -0.2) is 267 Å². The zero-order valence-electron chi connectivity index (χ0n) is 7.07. The fourth-order valence-corrected chi connectivity index (χ4v) is 0.341. The molecule has 0 saturated heterocycles. The van der Waals surface area contributed by atoms with Gasteiger partial charge >= 0.3 is 257 Å². The van der Waals surface area contributed by atoms with E-state index >= 15 is 0 Å². The van der Waals surface area contributed by atoms with Crippen LogP contribution in [0.5, 0.6) is 0 Å². The van der Waals surface area contributed by atoms with Gasteiger partial charge in [0.15, 0.2) is 0 Å². The van der Waals surface area contributed by atoms with Gasteiger partial charge in [0.05, 0.1) is 0 Å². The molecule has 22 heavy (non-hydrogen) atoms. The van der Waals surface area contributed by atoms with Gasteiger partial charge in [0.1, 0.15) is 0 Å². The van der Waals surface area contributed by atoms with Crippen molar-refractivity contribution >= 4 is 257 Å². The molecule has 0 spiro atoms. The van der Waals surface area contributed by atoms with E-state index in [1.165, 1.54) is 0 Å². The molecule has 0 amide bonds. The van der Waals surface area contributed by atoms with Crippen LogP contribution in [0.3, 0.4) is 0 Å². The summed E-state index contributed by atoms with van der Waals surface area (Å²) in [7, 11) is 0. The predicted octanol–water partition coefficient (Wildman–Crippen LogP) is -4.73. The fourth-order valence-electron chi connectivity index (χ4n) is 0.341. The molecule has 0 aromatic carbocycles. The van der Waals surface area contributed by atoms with E-state index in [1.54, 1.807) is 0 Å². The van der Waals surface area contributed by atoms with E-state index in [9.17, 15) is 24.0 Å². The first-order chi connectivity index (χ1) is 7.31. The molecule has 0 atom stereocenters. The molecule has 0 bridgehead atoms. The van der Waals surface area contributed by atoms with Gasteiger partial charge < -0.3 is 29.2 Å². The van der Waals surface area contributed by atoms with Crippen molar-refractivity contribution in [1.29, 1.82) is 0 Å². The van der Waals surface area contributed by atoms with Gasteiger partial charge in [0, 0.05) is 0 Å². The summed E-state index contributed by atoms with van der Waals surface area (Å²) in [5.41, 5.74) is 0. The van der Waals surface area contributed by atoms with Gasteiger partial charge in [-0.15, -0.1) is 0 Å². The molecule has 0 saturated carbocycles. The second kappa shape index (κ2) is 27.9. The minimum absolute atomic E-state index is 0. The first-order valence-corrected chi connectivity index (χ1v) is 3.10. The molecule has 0 aliphatic rings. The molecule has 0 unspecified atom stereocenters. The maximum absolute atomic E-state index is 10.4. The van der Waals surface area contributed by atoms with Crippen molar-refractivity contribution < 1.29 is 53.1 Å². The Labute approximate surface area is 302 Å². The number of carbonyl (C=O) groups is 5. The van der Waals surface area contributed by atoms with Gasteiger partial charge in [-0.05, 0) is 0 Å². The van der Waals surface area contributed by atoms with Crippen LogP contribution >= 0.6 is 0 Å². The minimum atomic E-state index is -2.06. The van der Waals surface area contributed by atoms with Crippen molar-refractivity contribution in [3.63, 3.8) is 0 Å². The SMILES string of the molecule is O=C(O)OC(=O)OC(=O)OC(=O)OC(=O)O.[CaH2].[CaH2].[CaH2].[CaH2].[CaH2].[CaH2]. The van der Waals surface area contributed by atoms with Crippen molar-refractivity contribution in [3.8, 4) is 0 Å². The Morgan fingerprint density at radius 1 is 0.455 bits per heavy atom. The van der Waals surface area contributed by atoms with E-state index in [2.05, 4.69) is 18.9 Å². The Morgan fingerprint density at radius 2 is 0.636 bits per heavy atom.